The number of carboxylic acid groups (broad SMARTS) is 1. The number of aromatic nitrogens is 2. The Morgan fingerprint density at radius 1 is 0.941 bits per heavy atom. The van der Waals surface area contributed by atoms with Crippen molar-refractivity contribution in [1.29, 1.82) is 0 Å². The number of carbonyl (C=O) groups excluding carboxylic acids is 1. The molecule has 4 aromatic rings. The number of fused-ring (bicyclic) bond motifs is 3. The lowest BCUT2D eigenvalue weighted by Crippen LogP contribution is -2.43. The van der Waals surface area contributed by atoms with Gasteiger partial charge in [0.15, 0.2) is 0 Å². The minimum absolute atomic E-state index is 0.0864. The zero-order chi connectivity index (χ0) is 23.5. The number of hydrogen-bond acceptors (Lipinski definition) is 4. The molecular weight excluding hydrogens is 430 g/mol. The molecule has 0 radical (unpaired) electrons. The Labute approximate surface area is 196 Å². The molecule has 2 heterocycles. The fourth-order valence-electron chi connectivity index (χ4n) is 4.49. The summed E-state index contributed by atoms with van der Waals surface area (Å²) >= 11 is 0. The van der Waals surface area contributed by atoms with Crippen LogP contribution in [0.4, 0.5) is 4.79 Å². The van der Waals surface area contributed by atoms with E-state index < -0.39 is 18.1 Å². The van der Waals surface area contributed by atoms with Crippen LogP contribution >= 0.6 is 0 Å². The van der Waals surface area contributed by atoms with Crippen molar-refractivity contribution in [2.24, 2.45) is 0 Å². The van der Waals surface area contributed by atoms with E-state index in [4.69, 9.17) is 4.74 Å². The molecule has 1 unspecified atom stereocenters. The van der Waals surface area contributed by atoms with E-state index in [1.807, 2.05) is 72.9 Å². The van der Waals surface area contributed by atoms with Crippen molar-refractivity contribution in [1.82, 2.24) is 14.9 Å². The number of pyridine rings is 1. The first-order valence-electron chi connectivity index (χ1n) is 11.0. The van der Waals surface area contributed by atoms with E-state index in [9.17, 15) is 14.7 Å². The molecule has 0 saturated heterocycles. The molecule has 7 heteroatoms. The van der Waals surface area contributed by atoms with Crippen LogP contribution in [0.15, 0.2) is 91.3 Å². The second-order valence-electron chi connectivity index (χ2n) is 8.12. The highest BCUT2D eigenvalue weighted by Crippen LogP contribution is 2.44. The van der Waals surface area contributed by atoms with Crippen LogP contribution < -0.4 is 5.32 Å². The fourth-order valence-corrected chi connectivity index (χ4v) is 4.49. The van der Waals surface area contributed by atoms with Gasteiger partial charge in [-0.05, 0) is 46.5 Å². The van der Waals surface area contributed by atoms with Crippen molar-refractivity contribution in [3.63, 3.8) is 0 Å². The van der Waals surface area contributed by atoms with Crippen LogP contribution in [0, 0.1) is 0 Å². The summed E-state index contributed by atoms with van der Waals surface area (Å²) < 4.78 is 7.32. The van der Waals surface area contributed by atoms with Crippen molar-refractivity contribution < 1.29 is 19.4 Å². The molecular formula is C27H23N3O4. The zero-order valence-corrected chi connectivity index (χ0v) is 18.3. The summed E-state index contributed by atoms with van der Waals surface area (Å²) in [6, 6.07) is 24.1. The number of ether oxygens (including phenoxy) is 1. The van der Waals surface area contributed by atoms with Crippen molar-refractivity contribution in [2.45, 2.75) is 18.4 Å². The van der Waals surface area contributed by atoms with Gasteiger partial charge in [-0.25, -0.2) is 14.6 Å². The number of aliphatic carboxylic acids is 1. The number of rotatable bonds is 7. The summed E-state index contributed by atoms with van der Waals surface area (Å²) in [6.45, 7) is 0.122. The summed E-state index contributed by atoms with van der Waals surface area (Å²) in [5, 5.41) is 12.2. The van der Waals surface area contributed by atoms with Gasteiger partial charge < -0.3 is 19.7 Å². The van der Waals surface area contributed by atoms with Gasteiger partial charge in [0, 0.05) is 30.4 Å². The van der Waals surface area contributed by atoms with Gasteiger partial charge in [0.2, 0.25) is 0 Å². The van der Waals surface area contributed by atoms with E-state index in [0.29, 0.717) is 11.5 Å². The van der Waals surface area contributed by atoms with Gasteiger partial charge in [-0.3, -0.25) is 0 Å². The average molecular weight is 453 g/mol. The summed E-state index contributed by atoms with van der Waals surface area (Å²) in [4.78, 5) is 28.8. The number of alkyl carbamates (subject to hydrolysis) is 1. The Bertz CT molecular complexity index is 1290. The van der Waals surface area contributed by atoms with Gasteiger partial charge in [-0.1, -0.05) is 54.6 Å². The van der Waals surface area contributed by atoms with Gasteiger partial charge >= 0.3 is 12.1 Å². The number of nitrogens with zero attached hydrogens (tertiary/aromatic N) is 2. The standard InChI is InChI=1S/C27H23N3O4/c31-26(32)24(16-18-8-7-15-30(18)25-13-5-6-14-28-25)29-27(33)34-17-23-21-11-3-1-9-19(21)20-10-2-4-12-22(20)23/h1-15,23-24H,16-17H2,(H,29,33)(H,31,32). The van der Waals surface area contributed by atoms with Gasteiger partial charge in [0.1, 0.15) is 18.5 Å². The lowest BCUT2D eigenvalue weighted by Gasteiger charge is -2.18. The molecule has 5 rings (SSSR count). The lowest BCUT2D eigenvalue weighted by molar-refractivity contribution is -0.139. The first kappa shape index (κ1) is 21.5. The molecule has 7 nitrogen and oxygen atoms in total. The van der Waals surface area contributed by atoms with Crippen LogP contribution in [0.1, 0.15) is 22.7 Å². The van der Waals surface area contributed by atoms with Crippen molar-refractivity contribution >= 4 is 12.1 Å². The molecule has 1 aliphatic rings. The molecule has 0 saturated carbocycles. The predicted molar refractivity (Wildman–Crippen MR) is 127 cm³/mol. The van der Waals surface area contributed by atoms with Crippen LogP contribution in [0.5, 0.6) is 0 Å². The van der Waals surface area contributed by atoms with Crippen LogP contribution in [-0.4, -0.2) is 39.4 Å². The number of hydrogen-bond donors (Lipinski definition) is 2. The highest BCUT2D eigenvalue weighted by atomic mass is 16.5. The normalized spacial score (nSPS) is 13.1. The molecule has 0 fully saturated rings. The van der Waals surface area contributed by atoms with E-state index in [1.54, 1.807) is 10.8 Å². The van der Waals surface area contributed by atoms with E-state index in [1.165, 1.54) is 0 Å². The first-order chi connectivity index (χ1) is 16.6. The Morgan fingerprint density at radius 3 is 2.26 bits per heavy atom. The zero-order valence-electron chi connectivity index (χ0n) is 18.3. The Hall–Kier alpha value is -4.39. The summed E-state index contributed by atoms with van der Waals surface area (Å²) in [7, 11) is 0. The molecule has 0 aliphatic heterocycles. The minimum Gasteiger partial charge on any atom is -0.480 e. The van der Waals surface area contributed by atoms with Crippen LogP contribution in [0.3, 0.4) is 0 Å². The number of benzene rings is 2. The third kappa shape index (κ3) is 4.15. The maximum Gasteiger partial charge on any atom is 0.407 e. The lowest BCUT2D eigenvalue weighted by atomic mass is 9.98. The quantitative estimate of drug-likeness (QED) is 0.432. The van der Waals surface area contributed by atoms with Crippen LogP contribution in [0.25, 0.3) is 16.9 Å². The molecule has 170 valence electrons. The Kier molecular flexibility index (Phi) is 5.82. The summed E-state index contributed by atoms with van der Waals surface area (Å²) in [5.74, 6) is -0.558. The number of nitrogens with one attached hydrogen (secondary N) is 1. The minimum atomic E-state index is -1.15. The molecule has 2 aromatic heterocycles. The summed E-state index contributed by atoms with van der Waals surface area (Å²) in [6.07, 6.45) is 2.81. The Morgan fingerprint density at radius 2 is 1.62 bits per heavy atom. The maximum atomic E-state index is 12.6. The first-order valence-corrected chi connectivity index (χ1v) is 11.0. The number of carboxylic acids is 1. The maximum absolute atomic E-state index is 12.6. The summed E-state index contributed by atoms with van der Waals surface area (Å²) in [5.41, 5.74) is 5.17. The van der Waals surface area contributed by atoms with Crippen molar-refractivity contribution in [3.8, 4) is 16.9 Å². The van der Waals surface area contributed by atoms with E-state index in [2.05, 4.69) is 22.4 Å². The predicted octanol–water partition coefficient (Wildman–Crippen LogP) is 4.41. The third-order valence-corrected chi connectivity index (χ3v) is 6.08. The van der Waals surface area contributed by atoms with E-state index in [0.717, 1.165) is 22.3 Å². The van der Waals surface area contributed by atoms with Crippen molar-refractivity contribution in [3.05, 3.63) is 108 Å². The Balaban J connectivity index is 1.27. The number of amides is 1. The van der Waals surface area contributed by atoms with Gasteiger partial charge in [-0.15, -0.1) is 0 Å². The van der Waals surface area contributed by atoms with E-state index in [-0.39, 0.29) is 18.9 Å². The van der Waals surface area contributed by atoms with Gasteiger partial charge in [-0.2, -0.15) is 0 Å². The molecule has 1 aliphatic carbocycles. The van der Waals surface area contributed by atoms with Crippen LogP contribution in [-0.2, 0) is 16.0 Å². The van der Waals surface area contributed by atoms with Crippen LogP contribution in [0.2, 0.25) is 0 Å². The van der Waals surface area contributed by atoms with Gasteiger partial charge in [0.05, 0.1) is 0 Å². The SMILES string of the molecule is O=C(NC(Cc1cccn1-c1ccccn1)C(=O)O)OCC1c2ccccc2-c2ccccc21. The highest BCUT2D eigenvalue weighted by Gasteiger charge is 2.30. The molecule has 34 heavy (non-hydrogen) atoms. The molecule has 0 bridgehead atoms. The third-order valence-electron chi connectivity index (χ3n) is 6.08. The second kappa shape index (κ2) is 9.23. The van der Waals surface area contributed by atoms with Gasteiger partial charge in [0.25, 0.3) is 0 Å². The molecule has 2 aromatic carbocycles. The monoisotopic (exact) mass is 453 g/mol. The number of carbonyl (C=O) groups is 2. The fraction of sp³-hybridized carbons (Fsp3) is 0.148. The average Bonchev–Trinajstić information content (AvgIpc) is 3.45. The molecule has 1 amide bonds. The largest absolute Gasteiger partial charge is 0.480 e. The smallest absolute Gasteiger partial charge is 0.407 e. The second-order valence-corrected chi connectivity index (χ2v) is 8.12. The molecule has 1 atom stereocenters. The molecule has 0 spiro atoms. The topological polar surface area (TPSA) is 93.5 Å². The van der Waals surface area contributed by atoms with Crippen molar-refractivity contribution in [2.75, 3.05) is 6.61 Å². The highest BCUT2D eigenvalue weighted by molar-refractivity contribution is 5.81. The van der Waals surface area contributed by atoms with E-state index >= 15 is 0 Å². The molecule has 2 N–H and O–H groups in total.